The first kappa shape index (κ1) is 18.2. The Morgan fingerprint density at radius 2 is 1.64 bits per heavy atom. The fourth-order valence-corrected chi connectivity index (χ4v) is 2.17. The molecular weight excluding hydrogens is 308 g/mol. The quantitative estimate of drug-likeness (QED) is 0.432. The van der Waals surface area contributed by atoms with Gasteiger partial charge >= 0.3 is 16.1 Å². The summed E-state index contributed by atoms with van der Waals surface area (Å²) in [5.41, 5.74) is 0.670. The van der Waals surface area contributed by atoms with E-state index in [-0.39, 0.29) is 18.0 Å². The van der Waals surface area contributed by atoms with Crippen LogP contribution in [0.2, 0.25) is 0 Å². The zero-order valence-electron chi connectivity index (χ0n) is 13.0. The zero-order chi connectivity index (χ0) is 16.9. The number of carbonyl (C=O) groups is 2. The van der Waals surface area contributed by atoms with E-state index in [0.29, 0.717) is 5.56 Å². The molecule has 0 aromatic heterocycles. The van der Waals surface area contributed by atoms with Gasteiger partial charge in [0.1, 0.15) is 12.2 Å². The van der Waals surface area contributed by atoms with Crippen LogP contribution < -0.4 is 4.18 Å². The molecule has 0 amide bonds. The molecule has 0 radical (unpaired) electrons. The summed E-state index contributed by atoms with van der Waals surface area (Å²) < 4.78 is 32.7. The largest absolute Gasteiger partial charge is 0.469 e. The van der Waals surface area contributed by atoms with Crippen LogP contribution in [-0.2, 0) is 24.4 Å². The van der Waals surface area contributed by atoms with Crippen molar-refractivity contribution in [3.05, 3.63) is 29.8 Å². The lowest BCUT2D eigenvalue weighted by Crippen LogP contribution is -2.20. The van der Waals surface area contributed by atoms with Gasteiger partial charge in [0.2, 0.25) is 0 Å². The molecule has 1 rings (SSSR count). The predicted octanol–water partition coefficient (Wildman–Crippen LogP) is 2.04. The van der Waals surface area contributed by atoms with Crippen LogP contribution in [0.1, 0.15) is 38.7 Å². The smallest absolute Gasteiger partial charge is 0.313 e. The van der Waals surface area contributed by atoms with Gasteiger partial charge in [-0.3, -0.25) is 9.59 Å². The molecule has 1 atom stereocenters. The summed E-state index contributed by atoms with van der Waals surface area (Å²) in [6.45, 7) is 4.72. The van der Waals surface area contributed by atoms with E-state index in [2.05, 4.69) is 4.74 Å². The molecule has 6 nitrogen and oxygen atoms in total. The van der Waals surface area contributed by atoms with E-state index < -0.39 is 27.3 Å². The lowest BCUT2D eigenvalue weighted by atomic mass is 9.95. The first-order chi connectivity index (χ1) is 10.2. The molecule has 0 spiro atoms. The highest BCUT2D eigenvalue weighted by atomic mass is 32.2. The molecule has 0 heterocycles. The molecule has 7 heteroatoms. The van der Waals surface area contributed by atoms with Crippen molar-refractivity contribution < 1.29 is 26.9 Å². The summed E-state index contributed by atoms with van der Waals surface area (Å²) >= 11 is 0. The summed E-state index contributed by atoms with van der Waals surface area (Å²) in [7, 11) is -2.42. The molecule has 1 aromatic carbocycles. The van der Waals surface area contributed by atoms with Gasteiger partial charge in [-0.1, -0.05) is 19.1 Å². The molecule has 22 heavy (non-hydrogen) atoms. The minimum Gasteiger partial charge on any atom is -0.469 e. The van der Waals surface area contributed by atoms with Gasteiger partial charge in [0, 0.05) is 5.92 Å². The zero-order valence-corrected chi connectivity index (χ0v) is 13.8. The van der Waals surface area contributed by atoms with Crippen molar-refractivity contribution >= 4 is 21.9 Å². The summed E-state index contributed by atoms with van der Waals surface area (Å²) in [5.74, 6) is -1.16. The van der Waals surface area contributed by atoms with Crippen molar-refractivity contribution in [3.8, 4) is 5.75 Å². The Hall–Kier alpha value is -1.89. The Balaban J connectivity index is 2.80. The van der Waals surface area contributed by atoms with Crippen molar-refractivity contribution in [2.75, 3.05) is 7.11 Å². The molecule has 0 saturated heterocycles. The van der Waals surface area contributed by atoms with Gasteiger partial charge in [-0.25, -0.2) is 0 Å². The lowest BCUT2D eigenvalue weighted by Gasteiger charge is -2.12. The van der Waals surface area contributed by atoms with E-state index in [1.165, 1.54) is 33.1 Å². The Kier molecular flexibility index (Phi) is 6.11. The second-order valence-electron chi connectivity index (χ2n) is 5.13. The SMILES string of the molecule is COC(=O)CC(=O)[C@H](C)c1ccc(OS(=O)(=O)C(C)C)cc1. The minimum absolute atomic E-state index is 0.185. The number of ketones is 1. The van der Waals surface area contributed by atoms with Gasteiger partial charge in [0.05, 0.1) is 12.4 Å². The molecule has 0 aliphatic carbocycles. The monoisotopic (exact) mass is 328 g/mol. The average Bonchev–Trinajstić information content (AvgIpc) is 2.46. The number of Topliss-reactive ketones (excluding diaryl/α,β-unsaturated/α-hetero) is 1. The molecule has 0 aliphatic rings. The van der Waals surface area contributed by atoms with Gasteiger partial charge in [-0.05, 0) is 31.5 Å². The first-order valence-corrected chi connectivity index (χ1v) is 8.27. The molecule has 0 bridgehead atoms. The molecular formula is C15H20O6S. The maximum Gasteiger partial charge on any atom is 0.313 e. The van der Waals surface area contributed by atoms with Crippen LogP contribution in [0.25, 0.3) is 0 Å². The highest BCUT2D eigenvalue weighted by Gasteiger charge is 2.20. The third kappa shape index (κ3) is 4.84. The third-order valence-corrected chi connectivity index (χ3v) is 4.78. The van der Waals surface area contributed by atoms with E-state index in [1.54, 1.807) is 19.1 Å². The standard InChI is InChI=1S/C15H20O6S/c1-10(2)22(18,19)21-13-7-5-12(6-8-13)11(3)14(16)9-15(17)20-4/h5-8,10-11H,9H2,1-4H3/t11-/m1/s1. The number of ether oxygens (including phenoxy) is 1. The van der Waals surface area contributed by atoms with Crippen LogP contribution in [0.3, 0.4) is 0 Å². The lowest BCUT2D eigenvalue weighted by molar-refractivity contribution is -0.143. The number of hydrogen-bond donors (Lipinski definition) is 0. The average molecular weight is 328 g/mol. The van der Waals surface area contributed by atoms with E-state index >= 15 is 0 Å². The molecule has 0 saturated carbocycles. The second-order valence-corrected chi connectivity index (χ2v) is 7.23. The normalized spacial score (nSPS) is 12.8. The maximum absolute atomic E-state index is 11.9. The number of benzene rings is 1. The minimum atomic E-state index is -3.65. The van der Waals surface area contributed by atoms with Crippen molar-refractivity contribution in [2.45, 2.75) is 38.4 Å². The molecule has 0 N–H and O–H groups in total. The maximum atomic E-state index is 11.9. The summed E-state index contributed by atoms with van der Waals surface area (Å²) in [4.78, 5) is 23.0. The third-order valence-electron chi connectivity index (χ3n) is 3.20. The van der Waals surface area contributed by atoms with E-state index in [4.69, 9.17) is 4.18 Å². The fraction of sp³-hybridized carbons (Fsp3) is 0.467. The van der Waals surface area contributed by atoms with Crippen LogP contribution in [-0.4, -0.2) is 32.5 Å². The van der Waals surface area contributed by atoms with Gasteiger partial charge in [-0.15, -0.1) is 0 Å². The Morgan fingerprint density at radius 3 is 2.09 bits per heavy atom. The predicted molar refractivity (Wildman–Crippen MR) is 81.2 cm³/mol. The molecule has 122 valence electrons. The van der Waals surface area contributed by atoms with Crippen molar-refractivity contribution in [3.63, 3.8) is 0 Å². The summed E-state index contributed by atoms with van der Waals surface area (Å²) in [6, 6.07) is 6.17. The van der Waals surface area contributed by atoms with Crippen LogP contribution in [0.15, 0.2) is 24.3 Å². The van der Waals surface area contributed by atoms with E-state index in [9.17, 15) is 18.0 Å². The van der Waals surface area contributed by atoms with Crippen molar-refractivity contribution in [1.82, 2.24) is 0 Å². The molecule has 1 aromatic rings. The van der Waals surface area contributed by atoms with Crippen molar-refractivity contribution in [1.29, 1.82) is 0 Å². The molecule has 0 aliphatic heterocycles. The van der Waals surface area contributed by atoms with Crippen LogP contribution >= 0.6 is 0 Å². The van der Waals surface area contributed by atoms with Crippen molar-refractivity contribution in [2.24, 2.45) is 0 Å². The molecule has 0 fully saturated rings. The Bertz CT molecular complexity index is 631. The van der Waals surface area contributed by atoms with E-state index in [0.717, 1.165) is 0 Å². The van der Waals surface area contributed by atoms with Crippen LogP contribution in [0.4, 0.5) is 0 Å². The fourth-order valence-electron chi connectivity index (χ4n) is 1.60. The summed E-state index contributed by atoms with van der Waals surface area (Å²) in [5, 5.41) is -0.646. The first-order valence-electron chi connectivity index (χ1n) is 6.80. The highest BCUT2D eigenvalue weighted by Crippen LogP contribution is 2.22. The molecule has 0 unspecified atom stereocenters. The van der Waals surface area contributed by atoms with Gasteiger partial charge in [0.15, 0.2) is 5.78 Å². The van der Waals surface area contributed by atoms with Gasteiger partial charge in [-0.2, -0.15) is 8.42 Å². The van der Waals surface area contributed by atoms with Gasteiger partial charge in [0.25, 0.3) is 0 Å². The highest BCUT2D eigenvalue weighted by molar-refractivity contribution is 7.87. The number of hydrogen-bond acceptors (Lipinski definition) is 6. The number of esters is 1. The number of carbonyl (C=O) groups excluding carboxylic acids is 2. The van der Waals surface area contributed by atoms with Gasteiger partial charge < -0.3 is 8.92 Å². The number of rotatable bonds is 7. The second kappa shape index (κ2) is 7.40. The summed E-state index contributed by atoms with van der Waals surface area (Å²) in [6.07, 6.45) is -0.294. The van der Waals surface area contributed by atoms with Crippen LogP contribution in [0.5, 0.6) is 5.75 Å². The Labute approximate surface area is 130 Å². The van der Waals surface area contributed by atoms with Crippen LogP contribution in [0, 0.1) is 0 Å². The van der Waals surface area contributed by atoms with E-state index in [1.807, 2.05) is 0 Å². The Morgan fingerprint density at radius 1 is 1.09 bits per heavy atom. The topological polar surface area (TPSA) is 86.7 Å². The number of methoxy groups -OCH3 is 1.